The molecule has 2 amide bonds. The summed E-state index contributed by atoms with van der Waals surface area (Å²) in [5, 5.41) is 16.2. The van der Waals surface area contributed by atoms with Crippen molar-refractivity contribution in [3.05, 3.63) is 150 Å². The topological polar surface area (TPSA) is 126 Å². The molecule has 0 unspecified atom stereocenters. The number of allylic oxidation sites excluding steroid dienone is 4. The third-order valence-corrected chi connectivity index (χ3v) is 7.86. The fourth-order valence-corrected chi connectivity index (χ4v) is 5.11. The number of benzene rings is 4. The zero-order valence-electron chi connectivity index (χ0n) is 27.9. The van der Waals surface area contributed by atoms with Crippen molar-refractivity contribution in [2.75, 3.05) is 11.9 Å². The van der Waals surface area contributed by atoms with E-state index in [1.807, 2.05) is 31.2 Å². The first kappa shape index (κ1) is 35.8. The Morgan fingerprint density at radius 3 is 2.04 bits per heavy atom. The zero-order chi connectivity index (χ0) is 36.5. The summed E-state index contributed by atoms with van der Waals surface area (Å²) >= 11 is 0. The van der Waals surface area contributed by atoms with Gasteiger partial charge >= 0.3 is 5.97 Å². The first-order valence-electron chi connectivity index (χ1n) is 15.9. The smallest absolute Gasteiger partial charge is 0.323 e. The monoisotopic (exact) mass is 688 g/mol. The van der Waals surface area contributed by atoms with Crippen molar-refractivity contribution in [2.45, 2.75) is 26.8 Å². The van der Waals surface area contributed by atoms with Gasteiger partial charge in [-0.3, -0.25) is 14.4 Å². The molecule has 0 aliphatic heterocycles. The molecule has 0 aliphatic rings. The molecular weight excluding hydrogens is 654 g/mol. The average Bonchev–Trinajstić information content (AvgIpc) is 3.62. The molecule has 4 aromatic carbocycles. The Morgan fingerprint density at radius 2 is 1.45 bits per heavy atom. The molecule has 5 rings (SSSR count). The summed E-state index contributed by atoms with van der Waals surface area (Å²) in [4.78, 5) is 43.2. The predicted octanol–water partition coefficient (Wildman–Crippen LogP) is 8.72. The van der Waals surface area contributed by atoms with Gasteiger partial charge in [-0.15, -0.1) is 0 Å². The van der Waals surface area contributed by atoms with Crippen molar-refractivity contribution in [3.63, 3.8) is 0 Å². The van der Waals surface area contributed by atoms with Gasteiger partial charge in [-0.25, -0.2) is 8.78 Å². The maximum absolute atomic E-state index is 13.8. The summed E-state index contributed by atoms with van der Waals surface area (Å²) in [6.07, 6.45) is 1.37. The minimum absolute atomic E-state index is 0.00120. The Balaban J connectivity index is 1.22. The fourth-order valence-electron chi connectivity index (χ4n) is 5.11. The molecule has 5 aromatic rings. The Kier molecular flexibility index (Phi) is 11.4. The van der Waals surface area contributed by atoms with Crippen LogP contribution in [-0.2, 0) is 16.1 Å². The van der Waals surface area contributed by atoms with E-state index in [4.69, 9.17) is 4.52 Å². The van der Waals surface area contributed by atoms with E-state index >= 15 is 0 Å². The number of hydrogen-bond acceptors (Lipinski definition) is 6. The molecule has 2 N–H and O–H groups in total. The van der Waals surface area contributed by atoms with Gasteiger partial charge in [-0.05, 0) is 84.7 Å². The molecule has 0 radical (unpaired) electrons. The number of amides is 2. The van der Waals surface area contributed by atoms with Crippen LogP contribution < -0.4 is 5.32 Å². The van der Waals surface area contributed by atoms with Crippen LogP contribution in [0.3, 0.4) is 0 Å². The van der Waals surface area contributed by atoms with Crippen molar-refractivity contribution >= 4 is 23.5 Å². The van der Waals surface area contributed by atoms with Gasteiger partial charge in [-0.1, -0.05) is 78.0 Å². The maximum Gasteiger partial charge on any atom is 0.323 e. The molecule has 0 bridgehead atoms. The van der Waals surface area contributed by atoms with E-state index < -0.39 is 42.4 Å². The van der Waals surface area contributed by atoms with Crippen LogP contribution in [0.25, 0.3) is 34.0 Å². The highest BCUT2D eigenvalue weighted by molar-refractivity contribution is 5.97. The van der Waals surface area contributed by atoms with Gasteiger partial charge in [0.2, 0.25) is 11.7 Å². The number of rotatable bonds is 13. The lowest BCUT2D eigenvalue weighted by Gasteiger charge is -2.21. The van der Waals surface area contributed by atoms with E-state index in [2.05, 4.69) is 46.3 Å². The third kappa shape index (κ3) is 9.57. The molecule has 258 valence electrons. The van der Waals surface area contributed by atoms with Gasteiger partial charge in [0.25, 0.3) is 11.8 Å². The number of carbonyl (C=O) groups is 3. The number of halogens is 2. The number of aromatic nitrogens is 2. The largest absolute Gasteiger partial charge is 0.480 e. The normalized spacial score (nSPS) is 11.8. The van der Waals surface area contributed by atoms with Crippen LogP contribution in [0.4, 0.5) is 14.5 Å². The summed E-state index contributed by atoms with van der Waals surface area (Å²) in [7, 11) is 0. The number of anilines is 1. The second kappa shape index (κ2) is 16.3. The number of carbonyl (C=O) groups excluding carboxylic acids is 2. The standard InChI is InChI=1S/C40H34F2N4O5/c1-4-34(42)21-33(26(3)41)22-36(47)43-35-19-17-32(18-20-35)40(50)46(24-37(48)49)23-27-7-11-30(12-8-27)38-44-39(51-45-38)31-15-13-29(14-16-31)28-9-5-25(2)6-10-28/h4-21H,1,22-24H2,2-3H3,(H,43,47)(H,48,49)/b33-26-,34-21+. The van der Waals surface area contributed by atoms with Crippen LogP contribution in [0, 0.1) is 6.92 Å². The van der Waals surface area contributed by atoms with E-state index in [9.17, 15) is 28.3 Å². The second-order valence-corrected chi connectivity index (χ2v) is 11.7. The lowest BCUT2D eigenvalue weighted by molar-refractivity contribution is -0.137. The minimum Gasteiger partial charge on any atom is -0.480 e. The Labute approximate surface area is 293 Å². The van der Waals surface area contributed by atoms with Gasteiger partial charge in [0.05, 0.1) is 6.42 Å². The van der Waals surface area contributed by atoms with Crippen LogP contribution >= 0.6 is 0 Å². The van der Waals surface area contributed by atoms with Crippen LogP contribution in [0.15, 0.2) is 138 Å². The summed E-state index contributed by atoms with van der Waals surface area (Å²) in [6, 6.07) is 28.9. The molecule has 11 heteroatoms. The number of nitrogens with zero attached hydrogens (tertiary/aromatic N) is 3. The quantitative estimate of drug-likeness (QED) is 0.119. The first-order valence-corrected chi connectivity index (χ1v) is 15.9. The molecule has 9 nitrogen and oxygen atoms in total. The first-order chi connectivity index (χ1) is 24.5. The number of carboxylic acid groups (broad SMARTS) is 1. The van der Waals surface area contributed by atoms with Crippen molar-refractivity contribution in [2.24, 2.45) is 0 Å². The van der Waals surface area contributed by atoms with Gasteiger partial charge in [0.1, 0.15) is 18.2 Å². The van der Waals surface area contributed by atoms with Gasteiger partial charge in [0, 0.05) is 28.9 Å². The van der Waals surface area contributed by atoms with Crippen molar-refractivity contribution in [3.8, 4) is 34.0 Å². The second-order valence-electron chi connectivity index (χ2n) is 11.7. The molecule has 1 heterocycles. The molecular formula is C40H34F2N4O5. The average molecular weight is 689 g/mol. The predicted molar refractivity (Wildman–Crippen MR) is 191 cm³/mol. The summed E-state index contributed by atoms with van der Waals surface area (Å²) < 4.78 is 32.9. The molecule has 0 saturated carbocycles. The lowest BCUT2D eigenvalue weighted by Crippen LogP contribution is -2.35. The van der Waals surface area contributed by atoms with E-state index in [1.165, 1.54) is 34.7 Å². The SMILES string of the molecule is C=C/C(F)=C\C(CC(=O)Nc1ccc(C(=O)N(CC(=O)O)Cc2ccc(-c3noc(-c4ccc(-c5ccc(C)cc5)cc4)n3)cc2)cc1)=C(/C)F. The minimum atomic E-state index is -1.19. The lowest BCUT2D eigenvalue weighted by atomic mass is 10.0. The highest BCUT2D eigenvalue weighted by atomic mass is 19.1. The van der Waals surface area contributed by atoms with Crippen molar-refractivity contribution in [1.82, 2.24) is 15.0 Å². The number of nitrogens with one attached hydrogen (secondary N) is 1. The molecule has 51 heavy (non-hydrogen) atoms. The van der Waals surface area contributed by atoms with Crippen LogP contribution in [0.5, 0.6) is 0 Å². The molecule has 0 fully saturated rings. The zero-order valence-corrected chi connectivity index (χ0v) is 27.9. The van der Waals surface area contributed by atoms with E-state index in [0.717, 1.165) is 35.8 Å². The van der Waals surface area contributed by atoms with Gasteiger partial charge in [0.15, 0.2) is 0 Å². The van der Waals surface area contributed by atoms with Crippen LogP contribution in [-0.4, -0.2) is 44.5 Å². The molecule has 0 atom stereocenters. The summed E-state index contributed by atoms with van der Waals surface area (Å²) in [6.45, 7) is 5.88. The van der Waals surface area contributed by atoms with E-state index in [0.29, 0.717) is 28.5 Å². The van der Waals surface area contributed by atoms with Gasteiger partial charge in [-0.2, -0.15) is 4.98 Å². The molecule has 1 aromatic heterocycles. The Bertz CT molecular complexity index is 2100. The van der Waals surface area contributed by atoms with Crippen molar-refractivity contribution < 1.29 is 32.8 Å². The fraction of sp³-hybridized carbons (Fsp3) is 0.125. The highest BCUT2D eigenvalue weighted by Gasteiger charge is 2.20. The van der Waals surface area contributed by atoms with Crippen molar-refractivity contribution in [1.29, 1.82) is 0 Å². The summed E-state index contributed by atoms with van der Waals surface area (Å²) in [5.41, 5.74) is 5.83. The Hall–Kier alpha value is -6.49. The number of aliphatic carboxylic acids is 1. The van der Waals surface area contributed by atoms with E-state index in [-0.39, 0.29) is 17.7 Å². The third-order valence-electron chi connectivity index (χ3n) is 7.86. The number of carboxylic acids is 1. The van der Waals surface area contributed by atoms with Gasteiger partial charge < -0.3 is 19.8 Å². The van der Waals surface area contributed by atoms with E-state index in [1.54, 1.807) is 24.3 Å². The molecule has 0 spiro atoms. The van der Waals surface area contributed by atoms with Crippen LogP contribution in [0.1, 0.15) is 34.8 Å². The summed E-state index contributed by atoms with van der Waals surface area (Å²) in [5.74, 6) is -3.09. The number of aryl methyl sites for hydroxylation is 1. The molecule has 0 saturated heterocycles. The highest BCUT2D eigenvalue weighted by Crippen LogP contribution is 2.27. The number of hydrogen-bond donors (Lipinski definition) is 2. The maximum atomic E-state index is 13.8. The molecule has 0 aliphatic carbocycles. The Morgan fingerprint density at radius 1 is 0.863 bits per heavy atom. The van der Waals surface area contributed by atoms with Crippen LogP contribution in [0.2, 0.25) is 0 Å².